The van der Waals surface area contributed by atoms with Crippen molar-refractivity contribution in [1.29, 1.82) is 0 Å². The predicted octanol–water partition coefficient (Wildman–Crippen LogP) is 1.99. The van der Waals surface area contributed by atoms with Crippen LogP contribution in [0.1, 0.15) is 18.4 Å². The lowest BCUT2D eigenvalue weighted by Crippen LogP contribution is -2.49. The average Bonchev–Trinajstić information content (AvgIpc) is 3.13. The van der Waals surface area contributed by atoms with Gasteiger partial charge < -0.3 is 10.4 Å². The summed E-state index contributed by atoms with van der Waals surface area (Å²) >= 11 is 1.78. The van der Waals surface area contributed by atoms with Crippen LogP contribution in [0, 0.1) is 0 Å². The van der Waals surface area contributed by atoms with Crippen LogP contribution in [0.15, 0.2) is 30.3 Å². The van der Waals surface area contributed by atoms with E-state index in [0.717, 1.165) is 5.75 Å². The van der Waals surface area contributed by atoms with Crippen LogP contribution >= 0.6 is 11.8 Å². The Morgan fingerprint density at radius 2 is 2.06 bits per heavy atom. The summed E-state index contributed by atoms with van der Waals surface area (Å²) in [6.07, 6.45) is 4.56. The highest BCUT2D eigenvalue weighted by atomic mass is 32.2. The van der Waals surface area contributed by atoms with Gasteiger partial charge in [0.05, 0.1) is 12.1 Å². The third kappa shape index (κ3) is 2.59. The van der Waals surface area contributed by atoms with Gasteiger partial charge in [-0.1, -0.05) is 30.3 Å². The molecule has 0 saturated heterocycles. The van der Waals surface area contributed by atoms with Gasteiger partial charge in [-0.05, 0) is 24.7 Å². The highest BCUT2D eigenvalue weighted by Crippen LogP contribution is 2.30. The van der Waals surface area contributed by atoms with Crippen LogP contribution in [-0.2, 0) is 5.54 Å². The average molecular weight is 237 g/mol. The number of hydrogen-bond donors (Lipinski definition) is 2. The summed E-state index contributed by atoms with van der Waals surface area (Å²) in [6.45, 7) is 0.161. The van der Waals surface area contributed by atoms with Gasteiger partial charge >= 0.3 is 0 Å². The van der Waals surface area contributed by atoms with Crippen molar-refractivity contribution in [2.75, 3.05) is 18.6 Å². The first-order chi connectivity index (χ1) is 7.80. The second-order valence-corrected chi connectivity index (χ2v) is 5.32. The van der Waals surface area contributed by atoms with Crippen molar-refractivity contribution in [2.24, 2.45) is 0 Å². The minimum absolute atomic E-state index is 0.161. The highest BCUT2D eigenvalue weighted by Gasteiger charge is 2.36. The quantitative estimate of drug-likeness (QED) is 0.793. The topological polar surface area (TPSA) is 32.3 Å². The largest absolute Gasteiger partial charge is 0.394 e. The first-order valence-electron chi connectivity index (χ1n) is 5.74. The van der Waals surface area contributed by atoms with Crippen LogP contribution in [0.3, 0.4) is 0 Å². The Labute approximate surface area is 101 Å². The smallest absolute Gasteiger partial charge is 0.0762 e. The van der Waals surface area contributed by atoms with Crippen molar-refractivity contribution < 1.29 is 5.11 Å². The zero-order valence-corrected chi connectivity index (χ0v) is 10.5. The molecular weight excluding hydrogens is 218 g/mol. The Kier molecular flexibility index (Phi) is 3.90. The molecular formula is C13H19NOS. The van der Waals surface area contributed by atoms with Crippen LogP contribution in [0.4, 0.5) is 0 Å². The fourth-order valence-corrected chi connectivity index (χ4v) is 2.85. The summed E-state index contributed by atoms with van der Waals surface area (Å²) in [6, 6.07) is 10.9. The lowest BCUT2D eigenvalue weighted by molar-refractivity contribution is 0.177. The monoisotopic (exact) mass is 237 g/mol. The lowest BCUT2D eigenvalue weighted by Gasteiger charge is -2.33. The standard InChI is InChI=1S/C13H19NOS/c1-16-10-13(9-15,14-12-7-8-12)11-5-3-2-4-6-11/h2-6,12,14-15H,7-10H2,1H3. The van der Waals surface area contributed by atoms with E-state index in [0.29, 0.717) is 6.04 Å². The maximum atomic E-state index is 9.76. The maximum absolute atomic E-state index is 9.76. The SMILES string of the molecule is CSCC(CO)(NC1CC1)c1ccccc1. The summed E-state index contributed by atoms with van der Waals surface area (Å²) in [7, 11) is 0. The number of aliphatic hydroxyl groups is 1. The van der Waals surface area contributed by atoms with E-state index in [2.05, 4.69) is 23.7 Å². The molecule has 1 fully saturated rings. The molecule has 0 aromatic heterocycles. The van der Waals surface area contributed by atoms with Crippen LogP contribution < -0.4 is 5.32 Å². The van der Waals surface area contributed by atoms with Crippen molar-refractivity contribution in [3.63, 3.8) is 0 Å². The van der Waals surface area contributed by atoms with Crippen LogP contribution in [0.25, 0.3) is 0 Å². The van der Waals surface area contributed by atoms with Gasteiger partial charge in [0, 0.05) is 11.8 Å². The van der Waals surface area contributed by atoms with E-state index >= 15 is 0 Å². The van der Waals surface area contributed by atoms with E-state index in [1.165, 1.54) is 18.4 Å². The first kappa shape index (κ1) is 12.0. The Morgan fingerprint density at radius 1 is 1.38 bits per heavy atom. The molecule has 1 unspecified atom stereocenters. The fraction of sp³-hybridized carbons (Fsp3) is 0.538. The predicted molar refractivity (Wildman–Crippen MR) is 69.7 cm³/mol. The molecule has 2 rings (SSSR count). The molecule has 2 N–H and O–H groups in total. The number of rotatable bonds is 6. The molecule has 0 bridgehead atoms. The molecule has 16 heavy (non-hydrogen) atoms. The van der Waals surface area contributed by atoms with Crippen molar-refractivity contribution in [2.45, 2.75) is 24.4 Å². The molecule has 1 aromatic carbocycles. The van der Waals surface area contributed by atoms with Crippen LogP contribution in [-0.4, -0.2) is 29.8 Å². The molecule has 1 saturated carbocycles. The Morgan fingerprint density at radius 3 is 2.56 bits per heavy atom. The van der Waals surface area contributed by atoms with Gasteiger partial charge in [0.2, 0.25) is 0 Å². The number of hydrogen-bond acceptors (Lipinski definition) is 3. The van der Waals surface area contributed by atoms with Gasteiger partial charge in [0.15, 0.2) is 0 Å². The van der Waals surface area contributed by atoms with Crippen molar-refractivity contribution in [3.05, 3.63) is 35.9 Å². The molecule has 0 spiro atoms. The summed E-state index contributed by atoms with van der Waals surface area (Å²) in [4.78, 5) is 0. The molecule has 88 valence electrons. The molecule has 1 aliphatic rings. The Hall–Kier alpha value is -0.510. The maximum Gasteiger partial charge on any atom is 0.0762 e. The van der Waals surface area contributed by atoms with E-state index in [1.807, 2.05) is 18.2 Å². The number of benzene rings is 1. The van der Waals surface area contributed by atoms with E-state index in [1.54, 1.807) is 11.8 Å². The summed E-state index contributed by atoms with van der Waals surface area (Å²) in [5, 5.41) is 13.4. The third-order valence-electron chi connectivity index (χ3n) is 3.04. The summed E-state index contributed by atoms with van der Waals surface area (Å²) in [5.41, 5.74) is 0.931. The zero-order valence-electron chi connectivity index (χ0n) is 9.65. The Balaban J connectivity index is 2.23. The number of nitrogens with one attached hydrogen (secondary N) is 1. The molecule has 2 nitrogen and oxygen atoms in total. The van der Waals surface area contributed by atoms with Crippen LogP contribution in [0.5, 0.6) is 0 Å². The van der Waals surface area contributed by atoms with E-state index < -0.39 is 0 Å². The highest BCUT2D eigenvalue weighted by molar-refractivity contribution is 7.98. The molecule has 0 aliphatic heterocycles. The van der Waals surface area contributed by atoms with Gasteiger partial charge in [-0.3, -0.25) is 0 Å². The fourth-order valence-electron chi connectivity index (χ4n) is 2.01. The van der Waals surface area contributed by atoms with Crippen molar-refractivity contribution in [1.82, 2.24) is 5.32 Å². The first-order valence-corrected chi connectivity index (χ1v) is 7.13. The number of thioether (sulfide) groups is 1. The number of aliphatic hydroxyl groups excluding tert-OH is 1. The minimum Gasteiger partial charge on any atom is -0.394 e. The van der Waals surface area contributed by atoms with E-state index in [4.69, 9.17) is 0 Å². The van der Waals surface area contributed by atoms with Gasteiger partial charge in [-0.15, -0.1) is 0 Å². The van der Waals surface area contributed by atoms with Crippen LogP contribution in [0.2, 0.25) is 0 Å². The lowest BCUT2D eigenvalue weighted by atomic mass is 9.92. The van der Waals surface area contributed by atoms with Gasteiger partial charge in [0.25, 0.3) is 0 Å². The molecule has 0 heterocycles. The molecule has 1 atom stereocenters. The summed E-state index contributed by atoms with van der Waals surface area (Å²) < 4.78 is 0. The molecule has 0 amide bonds. The second-order valence-electron chi connectivity index (χ2n) is 4.46. The van der Waals surface area contributed by atoms with Crippen molar-refractivity contribution in [3.8, 4) is 0 Å². The molecule has 3 heteroatoms. The molecule has 1 aliphatic carbocycles. The normalized spacial score (nSPS) is 19.4. The summed E-state index contributed by atoms with van der Waals surface area (Å²) in [5.74, 6) is 0.907. The third-order valence-corrected chi connectivity index (χ3v) is 3.83. The minimum atomic E-state index is -0.262. The van der Waals surface area contributed by atoms with Gasteiger partial charge in [-0.25, -0.2) is 0 Å². The molecule has 1 aromatic rings. The second kappa shape index (κ2) is 5.21. The zero-order chi connectivity index (χ0) is 11.4. The van der Waals surface area contributed by atoms with Gasteiger partial charge in [-0.2, -0.15) is 11.8 Å². The molecule has 0 radical (unpaired) electrons. The Bertz CT molecular complexity index is 326. The van der Waals surface area contributed by atoms with E-state index in [9.17, 15) is 5.11 Å². The van der Waals surface area contributed by atoms with Gasteiger partial charge in [0.1, 0.15) is 0 Å². The van der Waals surface area contributed by atoms with E-state index in [-0.39, 0.29) is 12.1 Å². The van der Waals surface area contributed by atoms with Crippen molar-refractivity contribution >= 4 is 11.8 Å².